The van der Waals surface area contributed by atoms with E-state index in [0.717, 1.165) is 11.3 Å². The third kappa shape index (κ3) is 2.20. The van der Waals surface area contributed by atoms with E-state index in [9.17, 15) is 5.11 Å². The zero-order chi connectivity index (χ0) is 8.97. The highest BCUT2D eigenvalue weighted by atomic mass is 16.3. The van der Waals surface area contributed by atoms with Gasteiger partial charge in [-0.05, 0) is 24.6 Å². The number of nitrogens with zero attached hydrogens (tertiary/aromatic N) is 1. The van der Waals surface area contributed by atoms with Gasteiger partial charge in [0.2, 0.25) is 0 Å². The Balaban J connectivity index is 2.65. The highest BCUT2D eigenvalue weighted by molar-refractivity contribution is 5.98. The molecule has 0 aliphatic heterocycles. The second-order valence-corrected chi connectivity index (χ2v) is 2.78. The van der Waals surface area contributed by atoms with Gasteiger partial charge in [-0.2, -0.15) is 0 Å². The normalized spacial score (nSPS) is 20.7. The Morgan fingerprint density at radius 2 is 2.42 bits per heavy atom. The SMILES string of the molecule is CC1=CC(=NCCN)CC=C1O. The number of aliphatic imine (C=N–C) groups is 1. The van der Waals surface area contributed by atoms with Crippen molar-refractivity contribution in [3.8, 4) is 0 Å². The largest absolute Gasteiger partial charge is 0.508 e. The van der Waals surface area contributed by atoms with Crippen LogP contribution in [0.2, 0.25) is 0 Å². The summed E-state index contributed by atoms with van der Waals surface area (Å²) in [5, 5.41) is 9.23. The molecule has 0 saturated carbocycles. The quantitative estimate of drug-likeness (QED) is 0.647. The summed E-state index contributed by atoms with van der Waals surface area (Å²) in [7, 11) is 0. The summed E-state index contributed by atoms with van der Waals surface area (Å²) in [6, 6.07) is 0. The van der Waals surface area contributed by atoms with Crippen LogP contribution >= 0.6 is 0 Å². The predicted molar refractivity (Wildman–Crippen MR) is 50.4 cm³/mol. The third-order valence-electron chi connectivity index (χ3n) is 1.74. The lowest BCUT2D eigenvalue weighted by molar-refractivity contribution is 0.421. The molecule has 1 aliphatic carbocycles. The van der Waals surface area contributed by atoms with Crippen molar-refractivity contribution in [1.82, 2.24) is 0 Å². The third-order valence-corrected chi connectivity index (χ3v) is 1.74. The average Bonchev–Trinajstić information content (AvgIpc) is 2.07. The Morgan fingerprint density at radius 3 is 3.00 bits per heavy atom. The maximum absolute atomic E-state index is 9.23. The fourth-order valence-corrected chi connectivity index (χ4v) is 1.06. The van der Waals surface area contributed by atoms with Crippen LogP contribution in [0.15, 0.2) is 28.5 Å². The van der Waals surface area contributed by atoms with Gasteiger partial charge in [-0.25, -0.2) is 0 Å². The van der Waals surface area contributed by atoms with Crippen molar-refractivity contribution in [2.24, 2.45) is 10.7 Å². The molecule has 12 heavy (non-hydrogen) atoms. The van der Waals surface area contributed by atoms with Crippen LogP contribution in [0, 0.1) is 0 Å². The van der Waals surface area contributed by atoms with Gasteiger partial charge in [-0.3, -0.25) is 4.99 Å². The standard InChI is InChI=1S/C9H14N2O/c1-7-6-8(11-5-4-10)2-3-9(7)12/h3,6,12H,2,4-5,10H2,1H3. The highest BCUT2D eigenvalue weighted by Crippen LogP contribution is 2.13. The molecule has 0 heterocycles. The van der Waals surface area contributed by atoms with E-state index in [0.29, 0.717) is 25.3 Å². The van der Waals surface area contributed by atoms with E-state index in [1.54, 1.807) is 6.08 Å². The first-order valence-corrected chi connectivity index (χ1v) is 4.05. The van der Waals surface area contributed by atoms with Gasteiger partial charge in [0.15, 0.2) is 0 Å². The van der Waals surface area contributed by atoms with Crippen molar-refractivity contribution >= 4 is 5.71 Å². The number of nitrogens with two attached hydrogens (primary N) is 1. The zero-order valence-electron chi connectivity index (χ0n) is 7.25. The highest BCUT2D eigenvalue weighted by Gasteiger charge is 2.05. The van der Waals surface area contributed by atoms with Crippen molar-refractivity contribution in [2.45, 2.75) is 13.3 Å². The van der Waals surface area contributed by atoms with E-state index in [4.69, 9.17) is 5.73 Å². The second kappa shape index (κ2) is 4.07. The van der Waals surface area contributed by atoms with Gasteiger partial charge in [0.1, 0.15) is 5.76 Å². The Kier molecular flexibility index (Phi) is 3.05. The molecule has 3 heteroatoms. The van der Waals surface area contributed by atoms with Crippen LogP contribution in [0.4, 0.5) is 0 Å². The molecule has 0 radical (unpaired) electrons. The first-order chi connectivity index (χ1) is 5.74. The molecule has 1 aliphatic rings. The van der Waals surface area contributed by atoms with E-state index in [1.165, 1.54) is 0 Å². The lowest BCUT2D eigenvalue weighted by atomic mass is 10.1. The Morgan fingerprint density at radius 1 is 1.67 bits per heavy atom. The van der Waals surface area contributed by atoms with E-state index >= 15 is 0 Å². The number of aliphatic hydroxyl groups is 1. The van der Waals surface area contributed by atoms with Gasteiger partial charge < -0.3 is 10.8 Å². The monoisotopic (exact) mass is 166 g/mol. The van der Waals surface area contributed by atoms with Crippen LogP contribution in [-0.2, 0) is 0 Å². The summed E-state index contributed by atoms with van der Waals surface area (Å²) in [6.07, 6.45) is 4.37. The molecular weight excluding hydrogens is 152 g/mol. The predicted octanol–water partition coefficient (Wildman–Crippen LogP) is 1.18. The van der Waals surface area contributed by atoms with Gasteiger partial charge in [0, 0.05) is 18.7 Å². The molecule has 3 N–H and O–H groups in total. The second-order valence-electron chi connectivity index (χ2n) is 2.78. The van der Waals surface area contributed by atoms with E-state index in [-0.39, 0.29) is 0 Å². The summed E-state index contributed by atoms with van der Waals surface area (Å²) in [6.45, 7) is 3.10. The van der Waals surface area contributed by atoms with Crippen LogP contribution in [0.5, 0.6) is 0 Å². The van der Waals surface area contributed by atoms with Crippen LogP contribution < -0.4 is 5.73 Å². The number of allylic oxidation sites excluding steroid dienone is 3. The van der Waals surface area contributed by atoms with Crippen LogP contribution in [0.3, 0.4) is 0 Å². The molecule has 0 atom stereocenters. The van der Waals surface area contributed by atoms with E-state index in [2.05, 4.69) is 4.99 Å². The van der Waals surface area contributed by atoms with Gasteiger partial charge in [-0.1, -0.05) is 0 Å². The van der Waals surface area contributed by atoms with Gasteiger partial charge >= 0.3 is 0 Å². The van der Waals surface area contributed by atoms with Crippen LogP contribution in [0.1, 0.15) is 13.3 Å². The number of hydrogen-bond donors (Lipinski definition) is 2. The van der Waals surface area contributed by atoms with Crippen molar-refractivity contribution < 1.29 is 5.11 Å². The molecule has 0 aromatic carbocycles. The summed E-state index contributed by atoms with van der Waals surface area (Å²) >= 11 is 0. The van der Waals surface area contributed by atoms with Crippen molar-refractivity contribution in [3.63, 3.8) is 0 Å². The number of rotatable bonds is 2. The maximum atomic E-state index is 9.23. The minimum atomic E-state index is 0.363. The molecule has 0 fully saturated rings. The molecule has 3 nitrogen and oxygen atoms in total. The molecule has 0 aromatic rings. The zero-order valence-corrected chi connectivity index (χ0v) is 7.25. The van der Waals surface area contributed by atoms with Crippen LogP contribution in [0.25, 0.3) is 0 Å². The smallest absolute Gasteiger partial charge is 0.114 e. The molecule has 66 valence electrons. The average molecular weight is 166 g/mol. The summed E-state index contributed by atoms with van der Waals surface area (Å²) < 4.78 is 0. The topological polar surface area (TPSA) is 58.6 Å². The molecule has 1 rings (SSSR count). The minimum Gasteiger partial charge on any atom is -0.508 e. The minimum absolute atomic E-state index is 0.363. The lowest BCUT2D eigenvalue weighted by Gasteiger charge is -2.08. The number of aliphatic hydroxyl groups excluding tert-OH is 1. The molecule has 0 unspecified atom stereocenters. The maximum Gasteiger partial charge on any atom is 0.114 e. The Labute approximate surface area is 72.3 Å². The van der Waals surface area contributed by atoms with Gasteiger partial charge in [0.05, 0.1) is 6.54 Å². The lowest BCUT2D eigenvalue weighted by Crippen LogP contribution is -2.07. The van der Waals surface area contributed by atoms with Gasteiger partial charge in [-0.15, -0.1) is 0 Å². The Bertz CT molecular complexity index is 251. The summed E-state index contributed by atoms with van der Waals surface area (Å²) in [4.78, 5) is 4.25. The van der Waals surface area contributed by atoms with Crippen molar-refractivity contribution in [1.29, 1.82) is 0 Å². The first kappa shape index (κ1) is 9.00. The molecular formula is C9H14N2O. The summed E-state index contributed by atoms with van der Waals surface area (Å²) in [5.41, 5.74) is 7.18. The van der Waals surface area contributed by atoms with Gasteiger partial charge in [0.25, 0.3) is 0 Å². The number of hydrogen-bond acceptors (Lipinski definition) is 3. The van der Waals surface area contributed by atoms with Crippen LogP contribution in [-0.4, -0.2) is 23.9 Å². The van der Waals surface area contributed by atoms with Crippen molar-refractivity contribution in [3.05, 3.63) is 23.5 Å². The summed E-state index contributed by atoms with van der Waals surface area (Å²) in [5.74, 6) is 0.363. The molecule has 0 bridgehead atoms. The molecule has 0 saturated heterocycles. The van der Waals surface area contributed by atoms with E-state index in [1.807, 2.05) is 13.0 Å². The molecule has 0 amide bonds. The fraction of sp³-hybridized carbons (Fsp3) is 0.444. The first-order valence-electron chi connectivity index (χ1n) is 4.05. The molecule has 0 spiro atoms. The van der Waals surface area contributed by atoms with Crippen molar-refractivity contribution in [2.75, 3.05) is 13.1 Å². The van der Waals surface area contributed by atoms with E-state index < -0.39 is 0 Å². The Hall–Kier alpha value is -1.09. The molecule has 0 aromatic heterocycles. The fourth-order valence-electron chi connectivity index (χ4n) is 1.06.